The first kappa shape index (κ1) is 9.29. The molecule has 0 fully saturated rings. The Morgan fingerprint density at radius 3 is 3.00 bits per heavy atom. The molecule has 2 aromatic rings. The summed E-state index contributed by atoms with van der Waals surface area (Å²) in [5, 5.41) is 20.0. The molecule has 6 heteroatoms. The molecule has 0 amide bonds. The molecule has 2 heterocycles. The summed E-state index contributed by atoms with van der Waals surface area (Å²) in [6.45, 7) is 2.73. The lowest BCUT2D eigenvalue weighted by atomic mass is 10.3. The fourth-order valence-corrected chi connectivity index (χ4v) is 2.07. The predicted molar refractivity (Wildman–Crippen MR) is 55.0 cm³/mol. The van der Waals surface area contributed by atoms with Crippen LogP contribution in [0.1, 0.15) is 10.7 Å². The van der Waals surface area contributed by atoms with Gasteiger partial charge in [0.25, 0.3) is 0 Å². The Labute approximate surface area is 85.6 Å². The summed E-state index contributed by atoms with van der Waals surface area (Å²) < 4.78 is 0. The van der Waals surface area contributed by atoms with Crippen LogP contribution in [-0.4, -0.2) is 27.4 Å². The van der Waals surface area contributed by atoms with E-state index < -0.39 is 0 Å². The number of nitrogens with one attached hydrogen (secondary N) is 2. The molecular formula is C8H11N5S. The van der Waals surface area contributed by atoms with Gasteiger partial charge in [-0.3, -0.25) is 5.10 Å². The summed E-state index contributed by atoms with van der Waals surface area (Å²) in [4.78, 5) is 0. The van der Waals surface area contributed by atoms with Gasteiger partial charge in [0.2, 0.25) is 0 Å². The Morgan fingerprint density at radius 1 is 1.50 bits per heavy atom. The van der Waals surface area contributed by atoms with Crippen LogP contribution in [0.2, 0.25) is 0 Å². The van der Waals surface area contributed by atoms with Gasteiger partial charge < -0.3 is 5.32 Å². The molecule has 2 N–H and O–H groups in total. The van der Waals surface area contributed by atoms with Gasteiger partial charge in [-0.05, 0) is 14.0 Å². The lowest BCUT2D eigenvalue weighted by Crippen LogP contribution is -2.04. The summed E-state index contributed by atoms with van der Waals surface area (Å²) in [5.41, 5.74) is 2.06. The number of rotatable bonds is 3. The summed E-state index contributed by atoms with van der Waals surface area (Å²) in [5.74, 6) is 0. The van der Waals surface area contributed by atoms with E-state index in [2.05, 4.69) is 25.7 Å². The minimum Gasteiger partial charge on any atom is -0.313 e. The first-order valence-corrected chi connectivity index (χ1v) is 5.10. The van der Waals surface area contributed by atoms with E-state index >= 15 is 0 Å². The number of aromatic amines is 1. The van der Waals surface area contributed by atoms with E-state index in [1.54, 1.807) is 17.5 Å². The fraction of sp³-hybridized carbons (Fsp3) is 0.375. The molecule has 2 aromatic heterocycles. The van der Waals surface area contributed by atoms with Crippen LogP contribution in [0.5, 0.6) is 0 Å². The van der Waals surface area contributed by atoms with Crippen LogP contribution in [-0.2, 0) is 6.54 Å². The van der Waals surface area contributed by atoms with Crippen molar-refractivity contribution in [2.45, 2.75) is 13.5 Å². The van der Waals surface area contributed by atoms with Crippen molar-refractivity contribution in [2.75, 3.05) is 7.05 Å². The smallest absolute Gasteiger partial charge is 0.151 e. The van der Waals surface area contributed by atoms with Crippen molar-refractivity contribution in [1.29, 1.82) is 0 Å². The largest absolute Gasteiger partial charge is 0.313 e. The highest BCUT2D eigenvalue weighted by atomic mass is 32.1. The lowest BCUT2D eigenvalue weighted by molar-refractivity contribution is 0.795. The summed E-state index contributed by atoms with van der Waals surface area (Å²) in [7, 11) is 1.89. The summed E-state index contributed by atoms with van der Waals surface area (Å²) >= 11 is 1.58. The molecule has 0 bridgehead atoms. The van der Waals surface area contributed by atoms with Crippen LogP contribution in [0.15, 0.2) is 6.20 Å². The van der Waals surface area contributed by atoms with Crippen molar-refractivity contribution in [3.8, 4) is 10.6 Å². The Bertz CT molecular complexity index is 419. The molecule has 0 spiro atoms. The molecule has 0 aliphatic carbocycles. The van der Waals surface area contributed by atoms with E-state index in [-0.39, 0.29) is 0 Å². The third kappa shape index (κ3) is 1.66. The first-order chi connectivity index (χ1) is 6.81. The topological polar surface area (TPSA) is 66.5 Å². The molecule has 74 valence electrons. The van der Waals surface area contributed by atoms with Gasteiger partial charge in [0.1, 0.15) is 5.01 Å². The molecule has 5 nitrogen and oxygen atoms in total. The minimum atomic E-state index is 0.758. The predicted octanol–water partition coefficient (Wildman–Crippen LogP) is 0.956. The Morgan fingerprint density at radius 2 is 2.36 bits per heavy atom. The molecule has 0 saturated heterocycles. The second-order valence-corrected chi connectivity index (χ2v) is 4.00. The molecule has 0 radical (unpaired) electrons. The van der Waals surface area contributed by atoms with Crippen molar-refractivity contribution in [3.05, 3.63) is 16.9 Å². The highest BCUT2D eigenvalue weighted by molar-refractivity contribution is 7.14. The van der Waals surface area contributed by atoms with Crippen molar-refractivity contribution >= 4 is 11.3 Å². The van der Waals surface area contributed by atoms with Gasteiger partial charge in [-0.15, -0.1) is 10.2 Å². The van der Waals surface area contributed by atoms with Crippen molar-refractivity contribution in [2.24, 2.45) is 0 Å². The third-order valence-corrected chi connectivity index (χ3v) is 2.81. The molecule has 0 aromatic carbocycles. The van der Waals surface area contributed by atoms with Gasteiger partial charge >= 0.3 is 0 Å². The van der Waals surface area contributed by atoms with E-state index in [1.165, 1.54) is 0 Å². The normalized spacial score (nSPS) is 10.7. The fourth-order valence-electron chi connectivity index (χ4n) is 1.15. The minimum absolute atomic E-state index is 0.758. The van der Waals surface area contributed by atoms with Gasteiger partial charge in [-0.2, -0.15) is 5.10 Å². The van der Waals surface area contributed by atoms with Crippen molar-refractivity contribution in [1.82, 2.24) is 25.7 Å². The average Bonchev–Trinajstić information content (AvgIpc) is 2.74. The van der Waals surface area contributed by atoms with Gasteiger partial charge in [0.15, 0.2) is 5.01 Å². The average molecular weight is 209 g/mol. The van der Waals surface area contributed by atoms with E-state index in [9.17, 15) is 0 Å². The van der Waals surface area contributed by atoms with Crippen LogP contribution in [0.25, 0.3) is 10.6 Å². The number of hydrogen-bond donors (Lipinski definition) is 2. The second kappa shape index (κ2) is 3.85. The molecule has 0 unspecified atom stereocenters. The van der Waals surface area contributed by atoms with Gasteiger partial charge in [-0.1, -0.05) is 11.3 Å². The van der Waals surface area contributed by atoms with E-state index in [1.807, 2.05) is 14.0 Å². The van der Waals surface area contributed by atoms with Crippen LogP contribution in [0, 0.1) is 6.92 Å². The second-order valence-electron chi connectivity index (χ2n) is 2.94. The SMILES string of the molecule is CNCc1nnc(-c2cn[nH]c2C)s1. The molecule has 0 atom stereocenters. The molecule has 2 rings (SSSR count). The Hall–Kier alpha value is -1.27. The number of H-pyrrole nitrogens is 1. The Balaban J connectivity index is 2.29. The zero-order chi connectivity index (χ0) is 9.97. The van der Waals surface area contributed by atoms with Crippen LogP contribution >= 0.6 is 11.3 Å². The third-order valence-electron chi connectivity index (χ3n) is 1.86. The monoisotopic (exact) mass is 209 g/mol. The quantitative estimate of drug-likeness (QED) is 0.790. The van der Waals surface area contributed by atoms with Gasteiger partial charge in [0.05, 0.1) is 11.8 Å². The number of aromatic nitrogens is 4. The molecule has 0 saturated carbocycles. The highest BCUT2D eigenvalue weighted by Gasteiger charge is 2.09. The van der Waals surface area contributed by atoms with E-state index in [0.717, 1.165) is 27.8 Å². The summed E-state index contributed by atoms with van der Waals surface area (Å²) in [6, 6.07) is 0. The maximum atomic E-state index is 4.11. The molecular weight excluding hydrogens is 198 g/mol. The molecule has 0 aliphatic heterocycles. The number of aryl methyl sites for hydroxylation is 1. The highest BCUT2D eigenvalue weighted by Crippen LogP contribution is 2.24. The number of hydrogen-bond acceptors (Lipinski definition) is 5. The van der Waals surface area contributed by atoms with Gasteiger partial charge in [0, 0.05) is 12.2 Å². The molecule has 14 heavy (non-hydrogen) atoms. The van der Waals surface area contributed by atoms with Crippen LogP contribution in [0.4, 0.5) is 0 Å². The number of nitrogens with zero attached hydrogens (tertiary/aromatic N) is 3. The zero-order valence-electron chi connectivity index (χ0n) is 8.03. The van der Waals surface area contributed by atoms with E-state index in [4.69, 9.17) is 0 Å². The maximum absolute atomic E-state index is 4.11. The van der Waals surface area contributed by atoms with Gasteiger partial charge in [-0.25, -0.2) is 0 Å². The zero-order valence-corrected chi connectivity index (χ0v) is 8.85. The van der Waals surface area contributed by atoms with Crippen LogP contribution < -0.4 is 5.32 Å². The summed E-state index contributed by atoms with van der Waals surface area (Å²) in [6.07, 6.45) is 1.78. The standard InChI is InChI=1S/C8H11N5S/c1-5-6(3-10-11-5)8-13-12-7(14-8)4-9-2/h3,9H,4H2,1-2H3,(H,10,11). The lowest BCUT2D eigenvalue weighted by Gasteiger charge is -1.90. The molecule has 0 aliphatic rings. The first-order valence-electron chi connectivity index (χ1n) is 4.28. The van der Waals surface area contributed by atoms with Crippen molar-refractivity contribution < 1.29 is 0 Å². The van der Waals surface area contributed by atoms with Crippen LogP contribution in [0.3, 0.4) is 0 Å². The van der Waals surface area contributed by atoms with Crippen molar-refractivity contribution in [3.63, 3.8) is 0 Å². The Kier molecular flexibility index (Phi) is 2.55. The maximum Gasteiger partial charge on any atom is 0.151 e. The van der Waals surface area contributed by atoms with E-state index in [0.29, 0.717) is 0 Å².